The Hall–Kier alpha value is -5.89. The standard InChI is InChI=1S/C52H42S/c1-7-23-41(24-8-1)39-43-27-19-21-37-49(43)51(45-29-11-3-12-30-45,46-31-13-4-14-32-46)53-52(47-33-15-5-16-34-47,48-35-17-6-18-36-48)50-38-22-20-28-44(50)40-42-25-9-2-10-26-42/h1-38H,39-40H2. The summed E-state index contributed by atoms with van der Waals surface area (Å²) in [4.78, 5) is 0. The van der Waals surface area contributed by atoms with Gasteiger partial charge in [0.15, 0.2) is 0 Å². The van der Waals surface area contributed by atoms with Gasteiger partial charge < -0.3 is 0 Å². The maximum atomic E-state index is 2.38. The number of benzene rings is 8. The highest BCUT2D eigenvalue weighted by atomic mass is 32.2. The molecule has 0 nitrogen and oxygen atoms in total. The zero-order chi connectivity index (χ0) is 35.8. The summed E-state index contributed by atoms with van der Waals surface area (Å²) in [6, 6.07) is 84.8. The van der Waals surface area contributed by atoms with E-state index in [1.54, 1.807) is 0 Å². The molecule has 0 heterocycles. The van der Waals surface area contributed by atoms with Gasteiger partial charge in [0.1, 0.15) is 0 Å². The molecule has 0 aliphatic rings. The lowest BCUT2D eigenvalue weighted by Crippen LogP contribution is -2.37. The summed E-state index contributed by atoms with van der Waals surface area (Å²) in [5, 5.41) is 0. The minimum atomic E-state index is -0.639. The van der Waals surface area contributed by atoms with Crippen molar-refractivity contribution >= 4 is 11.8 Å². The van der Waals surface area contributed by atoms with Crippen molar-refractivity contribution in [2.45, 2.75) is 22.3 Å². The predicted octanol–water partition coefficient (Wildman–Crippen LogP) is 12.9. The van der Waals surface area contributed by atoms with E-state index in [-0.39, 0.29) is 0 Å². The van der Waals surface area contributed by atoms with Gasteiger partial charge in [-0.05, 0) is 68.5 Å². The van der Waals surface area contributed by atoms with Crippen LogP contribution in [0, 0.1) is 0 Å². The molecule has 0 aliphatic carbocycles. The lowest BCUT2D eigenvalue weighted by molar-refractivity contribution is 0.815. The summed E-state index contributed by atoms with van der Waals surface area (Å²) in [7, 11) is 0. The van der Waals surface area contributed by atoms with E-state index in [4.69, 9.17) is 0 Å². The van der Waals surface area contributed by atoms with Crippen LogP contribution in [-0.4, -0.2) is 0 Å². The van der Waals surface area contributed by atoms with Crippen molar-refractivity contribution in [3.8, 4) is 0 Å². The molecular weight excluding hydrogens is 657 g/mol. The predicted molar refractivity (Wildman–Crippen MR) is 225 cm³/mol. The molecule has 1 heteroatoms. The molecule has 0 spiro atoms. The number of hydrogen-bond acceptors (Lipinski definition) is 1. The van der Waals surface area contributed by atoms with Crippen LogP contribution in [-0.2, 0) is 22.3 Å². The van der Waals surface area contributed by atoms with Gasteiger partial charge in [-0.3, -0.25) is 0 Å². The molecule has 0 radical (unpaired) electrons. The highest BCUT2D eigenvalue weighted by molar-refractivity contribution is 8.02. The van der Waals surface area contributed by atoms with Crippen LogP contribution in [0.3, 0.4) is 0 Å². The van der Waals surface area contributed by atoms with Gasteiger partial charge in [0, 0.05) is 0 Å². The van der Waals surface area contributed by atoms with Gasteiger partial charge in [-0.25, -0.2) is 0 Å². The third-order valence-corrected chi connectivity index (χ3v) is 12.3. The van der Waals surface area contributed by atoms with E-state index < -0.39 is 9.49 Å². The van der Waals surface area contributed by atoms with Gasteiger partial charge in [0.2, 0.25) is 0 Å². The molecule has 0 unspecified atom stereocenters. The zero-order valence-corrected chi connectivity index (χ0v) is 30.6. The maximum absolute atomic E-state index is 2.38. The molecule has 8 aromatic rings. The fraction of sp³-hybridized carbons (Fsp3) is 0.0769. The summed E-state index contributed by atoms with van der Waals surface area (Å²) < 4.78 is -1.28. The molecule has 8 rings (SSSR count). The van der Waals surface area contributed by atoms with Gasteiger partial charge in [-0.2, -0.15) is 0 Å². The average Bonchev–Trinajstić information content (AvgIpc) is 3.24. The largest absolute Gasteiger partial charge is 0.119 e. The van der Waals surface area contributed by atoms with Crippen molar-refractivity contribution in [2.24, 2.45) is 0 Å². The third-order valence-electron chi connectivity index (χ3n) is 10.3. The first kappa shape index (κ1) is 34.2. The van der Waals surface area contributed by atoms with Gasteiger partial charge in [0.25, 0.3) is 0 Å². The monoisotopic (exact) mass is 698 g/mol. The summed E-state index contributed by atoms with van der Waals surface area (Å²) in [5.74, 6) is 0. The van der Waals surface area contributed by atoms with Crippen molar-refractivity contribution < 1.29 is 0 Å². The second kappa shape index (κ2) is 15.8. The smallest absolute Gasteiger partial charge is 0.0925 e. The lowest BCUT2D eigenvalue weighted by atomic mass is 9.79. The van der Waals surface area contributed by atoms with Crippen molar-refractivity contribution in [1.29, 1.82) is 0 Å². The van der Waals surface area contributed by atoms with Crippen LogP contribution in [0.25, 0.3) is 0 Å². The lowest BCUT2D eigenvalue weighted by Gasteiger charge is -2.46. The Morgan fingerprint density at radius 1 is 0.264 bits per heavy atom. The van der Waals surface area contributed by atoms with Gasteiger partial charge in [0.05, 0.1) is 9.49 Å². The molecule has 0 aromatic heterocycles. The van der Waals surface area contributed by atoms with E-state index in [1.165, 1.54) is 55.6 Å². The SMILES string of the molecule is c1ccc(Cc2ccccc2C(SC(c2ccccc2)(c2ccccc2)c2ccccc2Cc2ccccc2)(c2ccccc2)c2ccccc2)cc1. The quantitative estimate of drug-likeness (QED) is 0.114. The third kappa shape index (κ3) is 6.89. The van der Waals surface area contributed by atoms with Crippen LogP contribution in [0.4, 0.5) is 0 Å². The fourth-order valence-electron chi connectivity index (χ4n) is 7.89. The molecule has 256 valence electrons. The molecule has 0 saturated heterocycles. The second-order valence-electron chi connectivity index (χ2n) is 13.6. The molecule has 0 bridgehead atoms. The van der Waals surface area contributed by atoms with Crippen molar-refractivity contribution in [1.82, 2.24) is 0 Å². The first-order valence-corrected chi connectivity index (χ1v) is 19.3. The van der Waals surface area contributed by atoms with Crippen LogP contribution >= 0.6 is 11.8 Å². The highest BCUT2D eigenvalue weighted by Crippen LogP contribution is 2.62. The van der Waals surface area contributed by atoms with Gasteiger partial charge >= 0.3 is 0 Å². The fourth-order valence-corrected chi connectivity index (χ4v) is 9.98. The summed E-state index contributed by atoms with van der Waals surface area (Å²) >= 11 is 2.05. The number of thioether (sulfide) groups is 1. The van der Waals surface area contributed by atoms with Crippen LogP contribution in [0.15, 0.2) is 231 Å². The summed E-state index contributed by atoms with van der Waals surface area (Å²) in [5.41, 5.74) is 12.8. The maximum Gasteiger partial charge on any atom is 0.0925 e. The van der Waals surface area contributed by atoms with Gasteiger partial charge in [-0.15, -0.1) is 11.8 Å². The first-order valence-electron chi connectivity index (χ1n) is 18.4. The first-order chi connectivity index (χ1) is 26.3. The van der Waals surface area contributed by atoms with Crippen molar-refractivity contribution in [3.05, 3.63) is 286 Å². The Bertz CT molecular complexity index is 2090. The minimum absolute atomic E-state index is 0.639. The second-order valence-corrected chi connectivity index (χ2v) is 15.0. The van der Waals surface area contributed by atoms with E-state index in [0.717, 1.165) is 12.8 Å². The Balaban J connectivity index is 1.49. The molecule has 0 fully saturated rings. The molecule has 0 amide bonds. The van der Waals surface area contributed by atoms with E-state index >= 15 is 0 Å². The molecule has 0 aliphatic heterocycles. The van der Waals surface area contributed by atoms with Crippen LogP contribution in [0.5, 0.6) is 0 Å². The molecule has 0 saturated carbocycles. The van der Waals surface area contributed by atoms with Crippen molar-refractivity contribution in [3.63, 3.8) is 0 Å². The molecule has 0 atom stereocenters. The minimum Gasteiger partial charge on any atom is -0.119 e. The van der Waals surface area contributed by atoms with E-state index in [2.05, 4.69) is 242 Å². The summed E-state index contributed by atoms with van der Waals surface area (Å²) in [6.07, 6.45) is 1.65. The Morgan fingerprint density at radius 2 is 0.509 bits per heavy atom. The molecular formula is C52H42S. The highest BCUT2D eigenvalue weighted by Gasteiger charge is 2.50. The molecule has 0 N–H and O–H groups in total. The summed E-state index contributed by atoms with van der Waals surface area (Å²) in [6.45, 7) is 0. The molecule has 53 heavy (non-hydrogen) atoms. The Labute approximate surface area is 318 Å². The van der Waals surface area contributed by atoms with E-state index in [9.17, 15) is 0 Å². The zero-order valence-electron chi connectivity index (χ0n) is 29.8. The average molecular weight is 699 g/mol. The normalized spacial score (nSPS) is 11.6. The van der Waals surface area contributed by atoms with Crippen LogP contribution in [0.1, 0.15) is 55.6 Å². The Kier molecular flexibility index (Phi) is 10.2. The number of rotatable bonds is 12. The van der Waals surface area contributed by atoms with E-state index in [0.29, 0.717) is 0 Å². The van der Waals surface area contributed by atoms with Crippen LogP contribution < -0.4 is 0 Å². The van der Waals surface area contributed by atoms with Crippen molar-refractivity contribution in [2.75, 3.05) is 0 Å². The van der Waals surface area contributed by atoms with Gasteiger partial charge in [-0.1, -0.05) is 231 Å². The van der Waals surface area contributed by atoms with Crippen LogP contribution in [0.2, 0.25) is 0 Å². The topological polar surface area (TPSA) is 0 Å². The Morgan fingerprint density at radius 3 is 0.811 bits per heavy atom. The molecule has 8 aromatic carbocycles. The number of hydrogen-bond donors (Lipinski definition) is 0. The van der Waals surface area contributed by atoms with E-state index in [1.807, 2.05) is 0 Å².